The number of carbonyl (C=O) groups is 1. The highest BCUT2D eigenvalue weighted by atomic mass is 35.5. The van der Waals surface area contributed by atoms with Crippen molar-refractivity contribution < 1.29 is 17.9 Å². The number of benzene rings is 2. The van der Waals surface area contributed by atoms with Crippen LogP contribution in [0.25, 0.3) is 0 Å². The minimum Gasteiger partial charge on any atom is -0.481 e. The number of ether oxygens (including phenoxy) is 1. The molecule has 1 fully saturated rings. The van der Waals surface area contributed by atoms with Crippen LogP contribution in [0.15, 0.2) is 48.5 Å². The number of hydrogen-bond acceptors (Lipinski definition) is 4. The van der Waals surface area contributed by atoms with E-state index in [1.165, 1.54) is 4.31 Å². The van der Waals surface area contributed by atoms with Gasteiger partial charge in [-0.15, -0.1) is 0 Å². The van der Waals surface area contributed by atoms with E-state index < -0.39 is 16.1 Å². The molecule has 1 amide bonds. The molecule has 1 aliphatic heterocycles. The fourth-order valence-electron chi connectivity index (χ4n) is 2.68. The second-order valence-electron chi connectivity index (χ2n) is 6.00. The highest BCUT2D eigenvalue weighted by Crippen LogP contribution is 2.25. The van der Waals surface area contributed by atoms with Gasteiger partial charge in [0.25, 0.3) is 5.91 Å². The van der Waals surface area contributed by atoms with Crippen LogP contribution < -0.4 is 14.4 Å². The molecule has 1 aliphatic rings. The average Bonchev–Trinajstić information content (AvgIpc) is 2.95. The molecule has 1 heterocycles. The zero-order chi connectivity index (χ0) is 18.7. The maximum atomic E-state index is 12.3. The smallest absolute Gasteiger partial charge is 0.265 e. The quantitative estimate of drug-likeness (QED) is 0.844. The lowest BCUT2D eigenvalue weighted by Crippen LogP contribution is -2.30. The summed E-state index contributed by atoms with van der Waals surface area (Å²) >= 11 is 5.90. The van der Waals surface area contributed by atoms with Crippen molar-refractivity contribution >= 4 is 38.9 Å². The fraction of sp³-hybridized carbons (Fsp3) is 0.278. The minimum atomic E-state index is -3.21. The van der Waals surface area contributed by atoms with Crippen LogP contribution in [0.4, 0.5) is 11.4 Å². The number of nitrogens with one attached hydrogen (secondary N) is 1. The highest BCUT2D eigenvalue weighted by molar-refractivity contribution is 7.93. The van der Waals surface area contributed by atoms with Gasteiger partial charge in [-0.25, -0.2) is 8.42 Å². The van der Waals surface area contributed by atoms with Crippen molar-refractivity contribution in [3.8, 4) is 5.75 Å². The molecule has 6 nitrogen and oxygen atoms in total. The first-order valence-electron chi connectivity index (χ1n) is 8.19. The van der Waals surface area contributed by atoms with Gasteiger partial charge in [0.1, 0.15) is 5.75 Å². The van der Waals surface area contributed by atoms with Crippen molar-refractivity contribution in [2.24, 2.45) is 0 Å². The van der Waals surface area contributed by atoms with Crippen molar-refractivity contribution in [3.63, 3.8) is 0 Å². The maximum absolute atomic E-state index is 12.3. The van der Waals surface area contributed by atoms with Gasteiger partial charge in [0.05, 0.1) is 11.4 Å². The Balaban J connectivity index is 1.62. The summed E-state index contributed by atoms with van der Waals surface area (Å²) in [6, 6.07) is 13.5. The van der Waals surface area contributed by atoms with Crippen molar-refractivity contribution in [1.82, 2.24) is 0 Å². The van der Waals surface area contributed by atoms with E-state index in [0.29, 0.717) is 35.1 Å². The van der Waals surface area contributed by atoms with Crippen molar-refractivity contribution in [1.29, 1.82) is 0 Å². The van der Waals surface area contributed by atoms with Gasteiger partial charge < -0.3 is 10.1 Å². The van der Waals surface area contributed by atoms with E-state index in [1.54, 1.807) is 55.5 Å². The summed E-state index contributed by atoms with van der Waals surface area (Å²) in [6.45, 7) is 2.12. The van der Waals surface area contributed by atoms with Crippen molar-refractivity contribution in [2.45, 2.75) is 19.4 Å². The Hall–Kier alpha value is -2.25. The maximum Gasteiger partial charge on any atom is 0.265 e. The fourth-order valence-corrected chi connectivity index (χ4v) is 4.43. The Morgan fingerprint density at radius 3 is 2.58 bits per heavy atom. The molecule has 0 radical (unpaired) electrons. The van der Waals surface area contributed by atoms with Crippen LogP contribution in [0.1, 0.15) is 13.3 Å². The third kappa shape index (κ3) is 4.28. The lowest BCUT2D eigenvalue weighted by atomic mass is 10.2. The van der Waals surface area contributed by atoms with Gasteiger partial charge in [-0.2, -0.15) is 0 Å². The Kier molecular flexibility index (Phi) is 5.38. The van der Waals surface area contributed by atoms with Gasteiger partial charge in [0.2, 0.25) is 10.0 Å². The van der Waals surface area contributed by atoms with Crippen LogP contribution >= 0.6 is 11.6 Å². The predicted octanol–water partition coefficient (Wildman–Crippen LogP) is 3.29. The topological polar surface area (TPSA) is 75.7 Å². The standard InChI is InChI=1S/C18H19ClN2O4S/c1-13(25-17-5-2-4-14(19)12-17)18(22)20-15-6-8-16(9-7-15)21-10-3-11-26(21,23)24/h2,4-9,12-13H,3,10-11H2,1H3,(H,20,22). The highest BCUT2D eigenvalue weighted by Gasteiger charge is 2.28. The Morgan fingerprint density at radius 1 is 1.23 bits per heavy atom. The van der Waals surface area contributed by atoms with Crippen LogP contribution in [-0.4, -0.2) is 32.7 Å². The molecule has 26 heavy (non-hydrogen) atoms. The summed E-state index contributed by atoms with van der Waals surface area (Å²) < 4.78 is 30.9. The van der Waals surface area contributed by atoms with Crippen LogP contribution in [0, 0.1) is 0 Å². The molecule has 1 atom stereocenters. The number of nitrogens with zero attached hydrogens (tertiary/aromatic N) is 1. The van der Waals surface area contributed by atoms with E-state index in [9.17, 15) is 13.2 Å². The predicted molar refractivity (Wildman–Crippen MR) is 102 cm³/mol. The summed E-state index contributed by atoms with van der Waals surface area (Å²) in [7, 11) is -3.21. The van der Waals surface area contributed by atoms with E-state index in [1.807, 2.05) is 0 Å². The zero-order valence-electron chi connectivity index (χ0n) is 14.2. The monoisotopic (exact) mass is 394 g/mol. The molecule has 0 saturated carbocycles. The third-order valence-corrected chi connectivity index (χ3v) is 6.10. The Labute approximate surface area is 157 Å². The van der Waals surface area contributed by atoms with Gasteiger partial charge in [0, 0.05) is 17.3 Å². The van der Waals surface area contributed by atoms with Gasteiger partial charge in [-0.3, -0.25) is 9.10 Å². The summed E-state index contributed by atoms with van der Waals surface area (Å²) in [5.74, 6) is 0.366. The molecule has 0 bridgehead atoms. The first-order valence-corrected chi connectivity index (χ1v) is 10.2. The van der Waals surface area contributed by atoms with E-state index in [4.69, 9.17) is 16.3 Å². The number of carbonyl (C=O) groups excluding carboxylic acids is 1. The molecule has 0 aliphatic carbocycles. The van der Waals surface area contributed by atoms with Crippen LogP contribution in [0.2, 0.25) is 5.02 Å². The minimum absolute atomic E-state index is 0.170. The van der Waals surface area contributed by atoms with Crippen LogP contribution in [-0.2, 0) is 14.8 Å². The first kappa shape index (κ1) is 18.5. The van der Waals surface area contributed by atoms with Gasteiger partial charge in [-0.1, -0.05) is 17.7 Å². The normalized spacial score (nSPS) is 16.9. The molecule has 3 rings (SSSR count). The molecule has 8 heteroatoms. The molecule has 0 spiro atoms. The molecule has 2 aromatic rings. The van der Waals surface area contributed by atoms with Crippen molar-refractivity contribution in [2.75, 3.05) is 21.9 Å². The molecule has 2 aromatic carbocycles. The molecular weight excluding hydrogens is 376 g/mol. The number of halogens is 1. The largest absolute Gasteiger partial charge is 0.481 e. The summed E-state index contributed by atoms with van der Waals surface area (Å²) in [4.78, 5) is 12.3. The molecule has 0 aromatic heterocycles. The van der Waals surface area contributed by atoms with E-state index in [-0.39, 0.29) is 11.7 Å². The van der Waals surface area contributed by atoms with E-state index >= 15 is 0 Å². The molecule has 1 N–H and O–H groups in total. The Bertz CT molecular complexity index is 900. The number of hydrogen-bond donors (Lipinski definition) is 1. The second-order valence-corrected chi connectivity index (χ2v) is 8.44. The van der Waals surface area contributed by atoms with Gasteiger partial charge in [0.15, 0.2) is 6.10 Å². The lowest BCUT2D eigenvalue weighted by Gasteiger charge is -2.18. The van der Waals surface area contributed by atoms with Crippen LogP contribution in [0.3, 0.4) is 0 Å². The molecule has 1 unspecified atom stereocenters. The summed E-state index contributed by atoms with van der Waals surface area (Å²) in [5.41, 5.74) is 1.17. The molecule has 1 saturated heterocycles. The third-order valence-electron chi connectivity index (χ3n) is 4.00. The summed E-state index contributed by atoms with van der Waals surface area (Å²) in [6.07, 6.45) is -0.0915. The Morgan fingerprint density at radius 2 is 1.96 bits per heavy atom. The van der Waals surface area contributed by atoms with E-state index in [0.717, 1.165) is 0 Å². The number of sulfonamides is 1. The zero-order valence-corrected chi connectivity index (χ0v) is 15.8. The molecular formula is C18H19ClN2O4S. The van der Waals surface area contributed by atoms with E-state index in [2.05, 4.69) is 5.32 Å². The SMILES string of the molecule is CC(Oc1cccc(Cl)c1)C(=O)Nc1ccc(N2CCCS2(=O)=O)cc1. The lowest BCUT2D eigenvalue weighted by molar-refractivity contribution is -0.122. The average molecular weight is 395 g/mol. The van der Waals surface area contributed by atoms with Gasteiger partial charge in [-0.05, 0) is 55.8 Å². The van der Waals surface area contributed by atoms with Crippen LogP contribution in [0.5, 0.6) is 5.75 Å². The van der Waals surface area contributed by atoms with Gasteiger partial charge >= 0.3 is 0 Å². The first-order chi connectivity index (χ1) is 12.3. The number of amides is 1. The van der Waals surface area contributed by atoms with Crippen molar-refractivity contribution in [3.05, 3.63) is 53.6 Å². The number of rotatable bonds is 5. The number of anilines is 2. The summed E-state index contributed by atoms with van der Waals surface area (Å²) in [5, 5.41) is 3.28. The molecule has 138 valence electrons. The second kappa shape index (κ2) is 7.55.